The lowest BCUT2D eigenvalue weighted by Gasteiger charge is -2.26. The molecule has 0 bridgehead atoms. The van der Waals surface area contributed by atoms with E-state index in [1.54, 1.807) is 6.92 Å². The highest BCUT2D eigenvalue weighted by Gasteiger charge is 2.28. The average molecular weight is 277 g/mol. The molecule has 0 aromatic rings. The lowest BCUT2D eigenvalue weighted by Crippen LogP contribution is -2.43. The number of hydrogen-bond donors (Lipinski definition) is 5. The smallest absolute Gasteiger partial charge is 0.106 e. The van der Waals surface area contributed by atoms with Crippen LogP contribution in [0.1, 0.15) is 26.2 Å². The maximum Gasteiger partial charge on any atom is 0.106 e. The number of hydrogen-bond acceptors (Lipinski definition) is 6. The molecule has 0 spiro atoms. The van der Waals surface area contributed by atoms with Gasteiger partial charge in [0, 0.05) is 25.7 Å². The molecule has 6 nitrogen and oxygen atoms in total. The van der Waals surface area contributed by atoms with Gasteiger partial charge in [0.2, 0.25) is 0 Å². The quantitative estimate of drug-likeness (QED) is 0.341. The van der Waals surface area contributed by atoms with E-state index in [1.807, 2.05) is 0 Å². The van der Waals surface area contributed by atoms with Gasteiger partial charge in [-0.25, -0.2) is 0 Å². The van der Waals surface area contributed by atoms with E-state index in [9.17, 15) is 15.3 Å². The van der Waals surface area contributed by atoms with E-state index in [2.05, 4.69) is 5.32 Å². The highest BCUT2D eigenvalue weighted by atomic mass is 16.5. The van der Waals surface area contributed by atoms with Gasteiger partial charge in [-0.15, -0.1) is 0 Å². The van der Waals surface area contributed by atoms with Crippen molar-refractivity contribution in [3.8, 4) is 0 Å². The van der Waals surface area contributed by atoms with Gasteiger partial charge in [0.05, 0.1) is 18.3 Å². The van der Waals surface area contributed by atoms with E-state index in [0.29, 0.717) is 13.0 Å². The molecule has 0 aromatic heterocycles. The molecule has 114 valence electrons. The zero-order chi connectivity index (χ0) is 14.3. The van der Waals surface area contributed by atoms with Crippen molar-refractivity contribution in [2.45, 2.75) is 50.6 Å². The van der Waals surface area contributed by atoms with Gasteiger partial charge in [-0.2, -0.15) is 0 Å². The molecular weight excluding hydrogens is 250 g/mol. The summed E-state index contributed by atoms with van der Waals surface area (Å²) in [6.45, 7) is 3.52. The molecule has 5 N–H and O–H groups in total. The first-order valence-electron chi connectivity index (χ1n) is 7.03. The summed E-state index contributed by atoms with van der Waals surface area (Å²) in [7, 11) is 0. The molecule has 1 heterocycles. The minimum Gasteiger partial charge on any atom is -0.396 e. The van der Waals surface area contributed by atoms with Crippen molar-refractivity contribution < 1.29 is 25.2 Å². The second-order valence-electron chi connectivity index (χ2n) is 5.34. The fraction of sp³-hybridized carbons (Fsp3) is 1.00. The molecule has 1 rings (SSSR count). The highest BCUT2D eigenvalue weighted by molar-refractivity contribution is 4.79. The van der Waals surface area contributed by atoms with Crippen molar-refractivity contribution in [3.63, 3.8) is 0 Å². The van der Waals surface area contributed by atoms with Crippen LogP contribution in [0.3, 0.4) is 0 Å². The van der Waals surface area contributed by atoms with Crippen LogP contribution in [0.4, 0.5) is 0 Å². The zero-order valence-electron chi connectivity index (χ0n) is 11.5. The third-order valence-electron chi connectivity index (χ3n) is 3.63. The monoisotopic (exact) mass is 277 g/mol. The number of nitrogens with one attached hydrogen (secondary N) is 1. The minimum atomic E-state index is -1.23. The van der Waals surface area contributed by atoms with Crippen LogP contribution < -0.4 is 5.32 Å². The molecule has 1 fully saturated rings. The molecule has 0 radical (unpaired) electrons. The summed E-state index contributed by atoms with van der Waals surface area (Å²) in [6.07, 6.45) is -0.583. The first-order chi connectivity index (χ1) is 9.06. The molecule has 1 aliphatic rings. The van der Waals surface area contributed by atoms with Crippen LogP contribution in [0.5, 0.6) is 0 Å². The van der Waals surface area contributed by atoms with Crippen molar-refractivity contribution in [1.82, 2.24) is 5.32 Å². The summed E-state index contributed by atoms with van der Waals surface area (Å²) in [5.74, 6) is -0.454. The Morgan fingerprint density at radius 1 is 1.26 bits per heavy atom. The Bertz CT molecular complexity index is 235. The van der Waals surface area contributed by atoms with Crippen LogP contribution >= 0.6 is 0 Å². The predicted octanol–water partition coefficient (Wildman–Crippen LogP) is -1.14. The fourth-order valence-corrected chi connectivity index (χ4v) is 2.16. The van der Waals surface area contributed by atoms with Crippen LogP contribution in [0.25, 0.3) is 0 Å². The number of aliphatic hydroxyl groups excluding tert-OH is 4. The van der Waals surface area contributed by atoms with Gasteiger partial charge in [0.25, 0.3) is 0 Å². The zero-order valence-corrected chi connectivity index (χ0v) is 11.5. The van der Waals surface area contributed by atoms with Crippen LogP contribution in [0, 0.1) is 5.92 Å². The van der Waals surface area contributed by atoms with Gasteiger partial charge in [-0.3, -0.25) is 0 Å². The lowest BCUT2D eigenvalue weighted by atomic mass is 9.95. The number of ether oxygens (including phenoxy) is 1. The molecule has 6 heteroatoms. The van der Waals surface area contributed by atoms with E-state index in [0.717, 1.165) is 26.0 Å². The van der Waals surface area contributed by atoms with Gasteiger partial charge < -0.3 is 30.5 Å². The van der Waals surface area contributed by atoms with Crippen molar-refractivity contribution in [3.05, 3.63) is 0 Å². The molecule has 0 aromatic carbocycles. The molecule has 0 amide bonds. The van der Waals surface area contributed by atoms with Crippen molar-refractivity contribution in [2.24, 2.45) is 5.92 Å². The summed E-state index contributed by atoms with van der Waals surface area (Å²) in [5, 5.41) is 41.2. The molecule has 5 atom stereocenters. The van der Waals surface area contributed by atoms with Gasteiger partial charge in [0.1, 0.15) is 6.10 Å². The third-order valence-corrected chi connectivity index (χ3v) is 3.63. The molecule has 1 aliphatic heterocycles. The molecule has 1 saturated heterocycles. The second kappa shape index (κ2) is 8.84. The van der Waals surface area contributed by atoms with Crippen molar-refractivity contribution in [2.75, 3.05) is 26.3 Å². The maximum absolute atomic E-state index is 9.76. The fourth-order valence-electron chi connectivity index (χ4n) is 2.16. The van der Waals surface area contributed by atoms with Crippen LogP contribution in [-0.2, 0) is 4.74 Å². The van der Waals surface area contributed by atoms with Crippen molar-refractivity contribution >= 4 is 0 Å². The first-order valence-corrected chi connectivity index (χ1v) is 7.03. The van der Waals surface area contributed by atoms with E-state index in [1.165, 1.54) is 0 Å². The second-order valence-corrected chi connectivity index (χ2v) is 5.34. The summed E-state index contributed by atoms with van der Waals surface area (Å²) in [5.41, 5.74) is 0. The first kappa shape index (κ1) is 16.8. The third kappa shape index (κ3) is 5.72. The van der Waals surface area contributed by atoms with Crippen molar-refractivity contribution in [1.29, 1.82) is 0 Å². The van der Waals surface area contributed by atoms with E-state index >= 15 is 0 Å². The summed E-state index contributed by atoms with van der Waals surface area (Å²) >= 11 is 0. The Labute approximate surface area is 114 Å². The van der Waals surface area contributed by atoms with Gasteiger partial charge in [0.15, 0.2) is 0 Å². The van der Waals surface area contributed by atoms with Gasteiger partial charge in [-0.05, 0) is 25.8 Å². The van der Waals surface area contributed by atoms with Crippen LogP contribution in [0.15, 0.2) is 0 Å². The number of aliphatic hydroxyl groups is 4. The Morgan fingerprint density at radius 2 is 2.00 bits per heavy atom. The Balaban J connectivity index is 2.13. The predicted molar refractivity (Wildman–Crippen MR) is 70.7 cm³/mol. The maximum atomic E-state index is 9.76. The number of rotatable bonds is 9. The Kier molecular flexibility index (Phi) is 7.82. The largest absolute Gasteiger partial charge is 0.396 e. The molecule has 0 saturated carbocycles. The average Bonchev–Trinajstić information content (AvgIpc) is 2.93. The summed E-state index contributed by atoms with van der Waals surface area (Å²) < 4.78 is 5.45. The molecule has 19 heavy (non-hydrogen) atoms. The Hall–Kier alpha value is -0.240. The van der Waals surface area contributed by atoms with Gasteiger partial charge >= 0.3 is 0 Å². The Morgan fingerprint density at radius 3 is 2.58 bits per heavy atom. The van der Waals surface area contributed by atoms with Gasteiger partial charge in [-0.1, -0.05) is 6.92 Å². The highest BCUT2D eigenvalue weighted by Crippen LogP contribution is 2.12. The minimum absolute atomic E-state index is 0.220. The normalized spacial score (nSPS) is 26.1. The summed E-state index contributed by atoms with van der Waals surface area (Å²) in [4.78, 5) is 0. The lowest BCUT2D eigenvalue weighted by molar-refractivity contribution is -0.0866. The van der Waals surface area contributed by atoms with E-state index < -0.39 is 24.2 Å². The SMILES string of the molecule is CC(CO)[C@@H](O)C(O)[C@@H](O)CCNC[C@@H]1CCCO1. The van der Waals surface area contributed by atoms with E-state index in [4.69, 9.17) is 9.84 Å². The van der Waals surface area contributed by atoms with Crippen LogP contribution in [-0.4, -0.2) is 71.1 Å². The van der Waals surface area contributed by atoms with Crippen LogP contribution in [0.2, 0.25) is 0 Å². The topological polar surface area (TPSA) is 102 Å². The summed E-state index contributed by atoms with van der Waals surface area (Å²) in [6, 6.07) is 0. The van der Waals surface area contributed by atoms with E-state index in [-0.39, 0.29) is 12.7 Å². The standard InChI is InChI=1S/C13H27NO5/c1-9(8-15)12(17)13(18)11(16)4-5-14-7-10-3-2-6-19-10/h9-18H,2-8H2,1H3/t9?,10-,11-,12+,13?/m0/s1. The molecule has 2 unspecified atom stereocenters. The molecular formula is C13H27NO5. The molecule has 0 aliphatic carbocycles.